The Morgan fingerprint density at radius 2 is 1.56 bits per heavy atom. The summed E-state index contributed by atoms with van der Waals surface area (Å²) in [5.74, 6) is 2.86. The van der Waals surface area contributed by atoms with E-state index in [1.165, 1.54) is 11.0 Å². The van der Waals surface area contributed by atoms with Gasteiger partial charge >= 0.3 is 6.01 Å². The van der Waals surface area contributed by atoms with Gasteiger partial charge in [-0.25, -0.2) is 13.2 Å². The van der Waals surface area contributed by atoms with Gasteiger partial charge in [-0.1, -0.05) is 114 Å². The van der Waals surface area contributed by atoms with Gasteiger partial charge in [0.15, 0.2) is 11.5 Å². The number of rotatable bonds is 14. The van der Waals surface area contributed by atoms with Gasteiger partial charge in [-0.15, -0.1) is 5.54 Å². The van der Waals surface area contributed by atoms with Crippen molar-refractivity contribution < 1.29 is 27.1 Å². The first-order chi connectivity index (χ1) is 34.3. The molecule has 0 bridgehead atoms. The number of aryl methyl sites for hydroxylation is 1. The van der Waals surface area contributed by atoms with Gasteiger partial charge in [0.1, 0.15) is 37.6 Å². The number of likely N-dealkylation sites (tertiary alicyclic amines) is 1. The lowest BCUT2D eigenvalue weighted by Gasteiger charge is -2.42. The predicted molar refractivity (Wildman–Crippen MR) is 298 cm³/mol. The summed E-state index contributed by atoms with van der Waals surface area (Å²) in [5.41, 5.74) is 6.72. The van der Waals surface area contributed by atoms with Crippen LogP contribution in [0.25, 0.3) is 32.8 Å². The van der Waals surface area contributed by atoms with E-state index in [-0.39, 0.29) is 80.0 Å². The highest BCUT2D eigenvalue weighted by molar-refractivity contribution is 6.90. The van der Waals surface area contributed by atoms with E-state index in [4.69, 9.17) is 30.7 Å². The third-order valence-corrected chi connectivity index (χ3v) is 28.8. The van der Waals surface area contributed by atoms with E-state index < -0.39 is 33.4 Å². The molecule has 0 aliphatic carbocycles. The summed E-state index contributed by atoms with van der Waals surface area (Å²) >= 11 is 7.50. The summed E-state index contributed by atoms with van der Waals surface area (Å²) < 4.78 is 65.7. The van der Waals surface area contributed by atoms with Crippen molar-refractivity contribution in [2.45, 2.75) is 149 Å². The maximum atomic E-state index is 18.6. The largest absolute Gasteiger partial charge is 0.543 e. The molecule has 2 aromatic heterocycles. The van der Waals surface area contributed by atoms with Crippen molar-refractivity contribution in [3.05, 3.63) is 81.9 Å². The molecule has 4 heterocycles. The maximum absolute atomic E-state index is 18.6. The van der Waals surface area contributed by atoms with Crippen LogP contribution in [0.4, 0.5) is 19.0 Å². The molecule has 1 amide bonds. The molecule has 1 saturated heterocycles. The normalized spacial score (nSPS) is 17.7. The van der Waals surface area contributed by atoms with E-state index in [9.17, 15) is 9.18 Å². The van der Waals surface area contributed by atoms with Gasteiger partial charge in [0.05, 0.1) is 29.2 Å². The lowest BCUT2D eigenvalue weighted by Crippen LogP contribution is -2.50. The van der Waals surface area contributed by atoms with Crippen LogP contribution in [-0.4, -0.2) is 99.2 Å². The number of halogens is 4. The van der Waals surface area contributed by atoms with Crippen LogP contribution < -0.4 is 14.1 Å². The molecule has 394 valence electrons. The van der Waals surface area contributed by atoms with Crippen LogP contribution in [-0.2, 0) is 13.1 Å². The van der Waals surface area contributed by atoms with Crippen LogP contribution in [0.15, 0.2) is 48.3 Å². The monoisotopic (exact) mass is 1060 g/mol. The van der Waals surface area contributed by atoms with E-state index in [1.54, 1.807) is 32.3 Å². The Kier molecular flexibility index (Phi) is 16.6. The van der Waals surface area contributed by atoms with E-state index in [2.05, 4.69) is 105 Å². The molecule has 0 radical (unpaired) electrons. The number of carbonyl (C=O) groups excluding carboxylic acids is 1. The summed E-state index contributed by atoms with van der Waals surface area (Å²) in [4.78, 5) is 28.6. The SMILES string of the molecule is CC(C)[Si](C#Cc1c(F)ccc2cc(O[Si](C(C)C)(C(C)C)C(C)C)cc(-c3c(Cl)cc4c(N5CCCn6nc(C(=O)N(C)C)cc6C5)nc(OC[C@]5(C)CN(C)CC/C5=C\F)nc4c3F)c12)(C(C)C)C(C)C. The van der Waals surface area contributed by atoms with Gasteiger partial charge in [-0.3, -0.25) is 9.48 Å². The predicted octanol–water partition coefficient (Wildman–Crippen LogP) is 14.4. The Morgan fingerprint density at radius 1 is 0.904 bits per heavy atom. The Bertz CT molecular complexity index is 2940. The van der Waals surface area contributed by atoms with Crippen molar-refractivity contribution >= 4 is 61.4 Å². The molecule has 2 aliphatic heterocycles. The minimum Gasteiger partial charge on any atom is -0.543 e. The highest BCUT2D eigenvalue weighted by Crippen LogP contribution is 2.48. The minimum atomic E-state index is -2.59. The zero-order valence-electron chi connectivity index (χ0n) is 46.0. The molecule has 1 fully saturated rings. The molecular weight excluding hydrogens is 979 g/mol. The van der Waals surface area contributed by atoms with Crippen LogP contribution in [0.5, 0.6) is 11.8 Å². The summed E-state index contributed by atoms with van der Waals surface area (Å²) in [6, 6.07) is 10.3. The number of fused-ring (bicyclic) bond motifs is 3. The lowest BCUT2D eigenvalue weighted by molar-refractivity contribution is 0.0821. The Hall–Kier alpha value is -4.89. The van der Waals surface area contributed by atoms with Crippen LogP contribution in [0, 0.1) is 28.5 Å². The summed E-state index contributed by atoms with van der Waals surface area (Å²) in [6.45, 7) is 31.1. The molecule has 73 heavy (non-hydrogen) atoms. The second-order valence-corrected chi connectivity index (χ2v) is 34.4. The second kappa shape index (κ2) is 21.8. The number of hydrogen-bond acceptors (Lipinski definition) is 8. The molecule has 0 unspecified atom stereocenters. The van der Waals surface area contributed by atoms with Crippen LogP contribution in [0.3, 0.4) is 0 Å². The standard InChI is InChI=1S/C57H77ClF3N7O3Si2/c1-34(2)72(35(3)4,36(5)6)25-21-44-48(60)19-18-40-26-43(71-73(37(7)8,38(9)10)39(11)12)28-45(50(40)44)51-47(58)29-46-53(52(51)61)62-56(70-33-57(13)32-66(16)24-20-41(57)30-59)63-54(46)67-22-17-23-68-42(31-67)27-49(64-68)55(69)65(14)15/h18-19,26-30,34-39H,17,20,22-24,31-33H2,1-16H3/b41-30+/t57-/m0/s1. The van der Waals surface area contributed by atoms with E-state index >= 15 is 8.78 Å². The van der Waals surface area contributed by atoms with Crippen molar-refractivity contribution in [2.75, 3.05) is 52.3 Å². The smallest absolute Gasteiger partial charge is 0.319 e. The number of benzene rings is 3. The molecule has 10 nitrogen and oxygen atoms in total. The summed E-state index contributed by atoms with van der Waals surface area (Å²) in [5, 5.41) is 6.12. The fourth-order valence-corrected chi connectivity index (χ4v) is 23.3. The van der Waals surface area contributed by atoms with Crippen molar-refractivity contribution in [2.24, 2.45) is 5.41 Å². The Labute approximate surface area is 439 Å². The molecule has 1 atom stereocenters. The molecule has 0 spiro atoms. The highest BCUT2D eigenvalue weighted by Gasteiger charge is 2.47. The molecule has 7 rings (SSSR count). The van der Waals surface area contributed by atoms with Crippen molar-refractivity contribution in [1.82, 2.24) is 29.5 Å². The molecule has 0 N–H and O–H groups in total. The van der Waals surface area contributed by atoms with E-state index in [0.717, 1.165) is 5.69 Å². The number of amides is 1. The number of aromatic nitrogens is 4. The number of anilines is 1. The number of nitrogens with zero attached hydrogens (tertiary/aromatic N) is 7. The summed E-state index contributed by atoms with van der Waals surface area (Å²) in [6.07, 6.45) is 1.83. The summed E-state index contributed by atoms with van der Waals surface area (Å²) in [7, 11) is 0.375. The topological polar surface area (TPSA) is 88.8 Å². The zero-order chi connectivity index (χ0) is 53.6. The average molecular weight is 1060 g/mol. The molecule has 5 aromatic rings. The quantitative estimate of drug-likeness (QED) is 0.0803. The average Bonchev–Trinajstić information content (AvgIpc) is 3.60. The van der Waals surface area contributed by atoms with Gasteiger partial charge in [0, 0.05) is 62.0 Å². The van der Waals surface area contributed by atoms with Crippen LogP contribution in [0.1, 0.15) is 125 Å². The van der Waals surface area contributed by atoms with Gasteiger partial charge in [-0.05, 0) is 100.0 Å². The maximum Gasteiger partial charge on any atom is 0.319 e. The first-order valence-electron chi connectivity index (χ1n) is 26.1. The number of piperidine rings is 1. The lowest BCUT2D eigenvalue weighted by atomic mass is 9.78. The van der Waals surface area contributed by atoms with E-state index in [1.807, 2.05) is 35.7 Å². The van der Waals surface area contributed by atoms with Gasteiger partial charge < -0.3 is 23.9 Å². The number of ether oxygens (including phenoxy) is 1. The zero-order valence-corrected chi connectivity index (χ0v) is 48.8. The Morgan fingerprint density at radius 3 is 2.16 bits per heavy atom. The van der Waals surface area contributed by atoms with Gasteiger partial charge in [0.2, 0.25) is 0 Å². The molecule has 3 aromatic carbocycles. The number of hydrogen-bond donors (Lipinski definition) is 0. The van der Waals surface area contributed by atoms with Gasteiger partial charge in [0.25, 0.3) is 14.2 Å². The molecule has 2 aliphatic rings. The third-order valence-electron chi connectivity index (χ3n) is 16.2. The van der Waals surface area contributed by atoms with E-state index in [0.29, 0.717) is 89.9 Å². The molecule has 16 heteroatoms. The first kappa shape index (κ1) is 55.9. The van der Waals surface area contributed by atoms with Crippen molar-refractivity contribution in [3.8, 4) is 34.4 Å². The fourth-order valence-electron chi connectivity index (χ4n) is 12.6. The van der Waals surface area contributed by atoms with Crippen molar-refractivity contribution in [3.63, 3.8) is 0 Å². The number of carbonyl (C=O) groups is 1. The third kappa shape index (κ3) is 10.4. The second-order valence-electron chi connectivity index (χ2n) is 23.0. The first-order valence-corrected chi connectivity index (χ1v) is 30.9. The Balaban J connectivity index is 1.53. The highest BCUT2D eigenvalue weighted by atomic mass is 35.5. The fraction of sp³-hybridized carbons (Fsp3) is 0.544. The minimum absolute atomic E-state index is 0.0177. The molecular formula is C57H77ClF3N7O3Si2. The van der Waals surface area contributed by atoms with Gasteiger partial charge in [-0.2, -0.15) is 15.1 Å². The van der Waals surface area contributed by atoms with Crippen LogP contribution >= 0.6 is 11.6 Å². The molecule has 0 saturated carbocycles. The van der Waals surface area contributed by atoms with Crippen LogP contribution in [0.2, 0.25) is 38.3 Å². The van der Waals surface area contributed by atoms with Crippen molar-refractivity contribution in [1.29, 1.82) is 0 Å².